The smallest absolute Gasteiger partial charge is 0.349 e. The van der Waals surface area contributed by atoms with Gasteiger partial charge in [-0.15, -0.1) is 0 Å². The summed E-state index contributed by atoms with van der Waals surface area (Å²) >= 11 is 3.30. The van der Waals surface area contributed by atoms with E-state index in [0.717, 1.165) is 4.47 Å². The van der Waals surface area contributed by atoms with Crippen LogP contribution in [0.25, 0.3) is 11.0 Å². The van der Waals surface area contributed by atoms with Crippen molar-refractivity contribution in [3.63, 3.8) is 0 Å². The second-order valence-corrected chi connectivity index (χ2v) is 6.15. The van der Waals surface area contributed by atoms with Gasteiger partial charge in [0, 0.05) is 15.9 Å². The summed E-state index contributed by atoms with van der Waals surface area (Å²) in [5.41, 5.74) is 4.17. The molecule has 7 nitrogen and oxygen atoms in total. The number of hydrogen-bond acceptors (Lipinski definition) is 6. The van der Waals surface area contributed by atoms with Gasteiger partial charge in [0.05, 0.1) is 0 Å². The molecule has 0 fully saturated rings. The van der Waals surface area contributed by atoms with Crippen LogP contribution in [0.3, 0.4) is 0 Å². The first-order valence-corrected chi connectivity index (χ1v) is 8.18. The van der Waals surface area contributed by atoms with Crippen LogP contribution in [0.2, 0.25) is 0 Å². The first-order chi connectivity index (χ1) is 12.4. The molecule has 8 heteroatoms. The Labute approximate surface area is 155 Å². The van der Waals surface area contributed by atoms with E-state index in [1.165, 1.54) is 18.2 Å². The van der Waals surface area contributed by atoms with Crippen LogP contribution in [-0.2, 0) is 4.79 Å². The Morgan fingerprint density at radius 3 is 2.62 bits per heavy atom. The summed E-state index contributed by atoms with van der Waals surface area (Å²) < 4.78 is 16.4. The van der Waals surface area contributed by atoms with Gasteiger partial charge in [-0.25, -0.2) is 9.59 Å². The molecule has 0 atom stereocenters. The van der Waals surface area contributed by atoms with Crippen LogP contribution in [0.4, 0.5) is 0 Å². The van der Waals surface area contributed by atoms with Crippen molar-refractivity contribution in [2.45, 2.75) is 0 Å². The second-order valence-electron chi connectivity index (χ2n) is 5.23. The number of primary amides is 1. The van der Waals surface area contributed by atoms with Gasteiger partial charge in [0.25, 0.3) is 5.91 Å². The lowest BCUT2D eigenvalue weighted by atomic mass is 10.2. The van der Waals surface area contributed by atoms with Gasteiger partial charge in [-0.2, -0.15) is 0 Å². The van der Waals surface area contributed by atoms with Crippen molar-refractivity contribution in [1.82, 2.24) is 0 Å². The topological polar surface area (TPSA) is 109 Å². The molecule has 0 saturated carbocycles. The average Bonchev–Trinajstić information content (AvgIpc) is 2.59. The molecule has 0 saturated heterocycles. The summed E-state index contributed by atoms with van der Waals surface area (Å²) in [4.78, 5) is 34.8. The van der Waals surface area contributed by atoms with Crippen molar-refractivity contribution in [1.29, 1.82) is 0 Å². The summed E-state index contributed by atoms with van der Waals surface area (Å²) in [7, 11) is 0. The van der Waals surface area contributed by atoms with E-state index in [-0.39, 0.29) is 23.5 Å². The lowest BCUT2D eigenvalue weighted by molar-refractivity contribution is -0.136. The number of nitrogens with two attached hydrogens (primary N) is 1. The monoisotopic (exact) mass is 417 g/mol. The number of carbonyl (C=O) groups is 2. The molecule has 2 N–H and O–H groups in total. The Kier molecular flexibility index (Phi) is 5.04. The molecule has 2 aromatic carbocycles. The molecule has 1 aromatic heterocycles. The van der Waals surface area contributed by atoms with Crippen LogP contribution >= 0.6 is 15.9 Å². The van der Waals surface area contributed by atoms with Crippen LogP contribution in [0.5, 0.6) is 11.5 Å². The molecule has 0 aliphatic heterocycles. The fourth-order valence-corrected chi connectivity index (χ4v) is 2.56. The van der Waals surface area contributed by atoms with Gasteiger partial charge in [0.1, 0.15) is 22.6 Å². The minimum absolute atomic E-state index is 0.165. The number of hydrogen-bond donors (Lipinski definition) is 1. The standard InChI is InChI=1S/C18H12BrNO6/c19-11-2-1-3-12(7-11)24-9-16(21)25-13-5-4-10-6-14(17(20)22)18(23)26-15(10)8-13/h1-8H,9H2,(H2,20,22). The first-order valence-electron chi connectivity index (χ1n) is 7.39. The predicted octanol–water partition coefficient (Wildman–Crippen LogP) is 2.64. The maximum absolute atomic E-state index is 11.9. The number of amides is 1. The van der Waals surface area contributed by atoms with Crippen molar-refractivity contribution in [2.75, 3.05) is 6.61 Å². The molecule has 0 radical (unpaired) electrons. The number of rotatable bonds is 5. The molecule has 26 heavy (non-hydrogen) atoms. The van der Waals surface area contributed by atoms with E-state index in [2.05, 4.69) is 15.9 Å². The summed E-state index contributed by atoms with van der Waals surface area (Å²) in [6.45, 7) is -0.293. The van der Waals surface area contributed by atoms with Gasteiger partial charge in [-0.1, -0.05) is 22.0 Å². The minimum Gasteiger partial charge on any atom is -0.482 e. The van der Waals surface area contributed by atoms with Crippen molar-refractivity contribution >= 4 is 38.8 Å². The molecular weight excluding hydrogens is 406 g/mol. The van der Waals surface area contributed by atoms with Crippen LogP contribution in [0.1, 0.15) is 10.4 Å². The highest BCUT2D eigenvalue weighted by Gasteiger charge is 2.12. The third-order valence-electron chi connectivity index (χ3n) is 3.36. The number of halogens is 1. The third-order valence-corrected chi connectivity index (χ3v) is 3.85. The van der Waals surface area contributed by atoms with Crippen LogP contribution in [0, 0.1) is 0 Å². The molecule has 0 spiro atoms. The zero-order chi connectivity index (χ0) is 18.7. The lowest BCUT2D eigenvalue weighted by Crippen LogP contribution is -2.20. The summed E-state index contributed by atoms with van der Waals surface area (Å²) in [5.74, 6) is -0.809. The van der Waals surface area contributed by atoms with E-state index in [0.29, 0.717) is 11.1 Å². The Hall–Kier alpha value is -3.13. The number of ether oxygens (including phenoxy) is 2. The SMILES string of the molecule is NC(=O)c1cc2ccc(OC(=O)COc3cccc(Br)c3)cc2oc1=O. The van der Waals surface area contributed by atoms with Crippen molar-refractivity contribution in [3.8, 4) is 11.5 Å². The van der Waals surface area contributed by atoms with Gasteiger partial charge in [0.15, 0.2) is 6.61 Å². The van der Waals surface area contributed by atoms with E-state index < -0.39 is 17.5 Å². The number of carbonyl (C=O) groups excluding carboxylic acids is 2. The quantitative estimate of drug-likeness (QED) is 0.388. The van der Waals surface area contributed by atoms with Crippen molar-refractivity contribution in [2.24, 2.45) is 5.73 Å². The Balaban J connectivity index is 1.72. The van der Waals surface area contributed by atoms with Gasteiger partial charge >= 0.3 is 11.6 Å². The van der Waals surface area contributed by atoms with E-state index in [9.17, 15) is 14.4 Å². The van der Waals surface area contributed by atoms with E-state index in [1.54, 1.807) is 24.3 Å². The third kappa shape index (κ3) is 4.09. The first kappa shape index (κ1) is 17.7. The Bertz CT molecular complexity index is 1060. The second kappa shape index (κ2) is 7.40. The molecular formula is C18H12BrNO6. The summed E-state index contributed by atoms with van der Waals surface area (Å²) in [6, 6.07) is 12.8. The zero-order valence-electron chi connectivity index (χ0n) is 13.2. The van der Waals surface area contributed by atoms with Gasteiger partial charge in [0.2, 0.25) is 0 Å². The fraction of sp³-hybridized carbons (Fsp3) is 0.0556. The molecule has 1 heterocycles. The minimum atomic E-state index is -0.874. The average molecular weight is 418 g/mol. The largest absolute Gasteiger partial charge is 0.482 e. The van der Waals surface area contributed by atoms with E-state index in [1.807, 2.05) is 6.07 Å². The van der Waals surface area contributed by atoms with Crippen LogP contribution in [0.15, 0.2) is 62.2 Å². The van der Waals surface area contributed by atoms with E-state index >= 15 is 0 Å². The molecule has 132 valence electrons. The van der Waals surface area contributed by atoms with Gasteiger partial charge < -0.3 is 19.6 Å². The summed E-state index contributed by atoms with van der Waals surface area (Å²) in [5, 5.41) is 0.476. The Morgan fingerprint density at radius 2 is 1.88 bits per heavy atom. The summed E-state index contributed by atoms with van der Waals surface area (Å²) in [6.07, 6.45) is 0. The highest BCUT2D eigenvalue weighted by molar-refractivity contribution is 9.10. The number of benzene rings is 2. The molecule has 0 aliphatic rings. The number of esters is 1. The van der Waals surface area contributed by atoms with Gasteiger partial charge in [-0.3, -0.25) is 4.79 Å². The number of fused-ring (bicyclic) bond motifs is 1. The van der Waals surface area contributed by atoms with Crippen molar-refractivity contribution in [3.05, 3.63) is 69.0 Å². The fourth-order valence-electron chi connectivity index (χ4n) is 2.19. The normalized spacial score (nSPS) is 10.5. The highest BCUT2D eigenvalue weighted by atomic mass is 79.9. The van der Waals surface area contributed by atoms with Crippen molar-refractivity contribution < 1.29 is 23.5 Å². The molecule has 3 rings (SSSR count). The molecule has 0 aliphatic carbocycles. The molecule has 1 amide bonds. The molecule has 0 unspecified atom stereocenters. The zero-order valence-corrected chi connectivity index (χ0v) is 14.8. The Morgan fingerprint density at radius 1 is 1.08 bits per heavy atom. The maximum atomic E-state index is 11.9. The maximum Gasteiger partial charge on any atom is 0.349 e. The lowest BCUT2D eigenvalue weighted by Gasteiger charge is -2.07. The van der Waals surface area contributed by atoms with Gasteiger partial charge in [-0.05, 0) is 36.4 Å². The highest BCUT2D eigenvalue weighted by Crippen LogP contribution is 2.21. The molecule has 3 aromatic rings. The van der Waals surface area contributed by atoms with Crippen LogP contribution in [-0.4, -0.2) is 18.5 Å². The predicted molar refractivity (Wildman–Crippen MR) is 96.3 cm³/mol. The molecule has 0 bridgehead atoms. The van der Waals surface area contributed by atoms with E-state index in [4.69, 9.17) is 19.6 Å². The van der Waals surface area contributed by atoms with Crippen LogP contribution < -0.4 is 20.8 Å².